The third kappa shape index (κ3) is 3.27. The molecular formula is C13H20N2O5. The maximum Gasteiger partial charge on any atom is 0.323 e. The number of carbonyl (C=O) groups excluding carboxylic acids is 2. The minimum atomic E-state index is -1.03. The van der Waals surface area contributed by atoms with E-state index in [2.05, 4.69) is 0 Å². The molecule has 7 heteroatoms. The van der Waals surface area contributed by atoms with Crippen molar-refractivity contribution >= 4 is 17.8 Å². The van der Waals surface area contributed by atoms with Crippen LogP contribution in [-0.2, 0) is 19.1 Å². The van der Waals surface area contributed by atoms with Crippen LogP contribution in [0.5, 0.6) is 0 Å². The monoisotopic (exact) mass is 284 g/mol. The summed E-state index contributed by atoms with van der Waals surface area (Å²) in [6, 6.07) is -0.103. The minimum absolute atomic E-state index is 0.0643. The van der Waals surface area contributed by atoms with Crippen LogP contribution < -0.4 is 0 Å². The predicted molar refractivity (Wildman–Crippen MR) is 68.9 cm³/mol. The molecule has 2 fully saturated rings. The van der Waals surface area contributed by atoms with Crippen LogP contribution in [0, 0.1) is 5.92 Å². The molecule has 0 spiro atoms. The van der Waals surface area contributed by atoms with Crippen molar-refractivity contribution in [2.75, 3.05) is 33.4 Å². The summed E-state index contributed by atoms with van der Waals surface area (Å²) in [4.78, 5) is 38.0. The average Bonchev–Trinajstić information content (AvgIpc) is 2.76. The van der Waals surface area contributed by atoms with Gasteiger partial charge in [0, 0.05) is 39.3 Å². The number of carboxylic acids is 1. The van der Waals surface area contributed by atoms with Crippen LogP contribution in [0.3, 0.4) is 0 Å². The van der Waals surface area contributed by atoms with Crippen molar-refractivity contribution in [1.29, 1.82) is 0 Å². The van der Waals surface area contributed by atoms with Crippen molar-refractivity contribution in [2.45, 2.75) is 25.3 Å². The van der Waals surface area contributed by atoms with E-state index in [1.54, 1.807) is 7.05 Å². The number of carbonyl (C=O) groups is 3. The van der Waals surface area contributed by atoms with Crippen LogP contribution in [0.4, 0.5) is 0 Å². The fourth-order valence-electron chi connectivity index (χ4n) is 2.79. The van der Waals surface area contributed by atoms with Crippen LogP contribution in [-0.4, -0.2) is 72.1 Å². The summed E-state index contributed by atoms with van der Waals surface area (Å²) < 4.78 is 5.25. The van der Waals surface area contributed by atoms with Gasteiger partial charge in [-0.15, -0.1) is 0 Å². The van der Waals surface area contributed by atoms with E-state index < -0.39 is 11.9 Å². The van der Waals surface area contributed by atoms with Gasteiger partial charge in [0.05, 0.1) is 5.92 Å². The summed E-state index contributed by atoms with van der Waals surface area (Å²) in [6.07, 6.45) is 1.47. The highest BCUT2D eigenvalue weighted by molar-refractivity contribution is 5.90. The molecule has 2 aliphatic rings. The normalized spacial score (nSPS) is 23.9. The molecule has 7 nitrogen and oxygen atoms in total. The Bertz CT molecular complexity index is 406. The predicted octanol–water partition coefficient (Wildman–Crippen LogP) is -0.443. The van der Waals surface area contributed by atoms with Gasteiger partial charge in [-0.1, -0.05) is 0 Å². The first-order valence-electron chi connectivity index (χ1n) is 6.83. The van der Waals surface area contributed by atoms with Gasteiger partial charge in [-0.3, -0.25) is 14.4 Å². The molecule has 2 saturated heterocycles. The first-order chi connectivity index (χ1) is 9.49. The van der Waals surface area contributed by atoms with Crippen molar-refractivity contribution in [2.24, 2.45) is 5.92 Å². The van der Waals surface area contributed by atoms with Crippen molar-refractivity contribution < 1.29 is 24.2 Å². The Balaban J connectivity index is 2.07. The van der Waals surface area contributed by atoms with Gasteiger partial charge in [-0.25, -0.2) is 0 Å². The summed E-state index contributed by atoms with van der Waals surface area (Å²) in [7, 11) is 1.66. The second-order valence-electron chi connectivity index (χ2n) is 5.38. The lowest BCUT2D eigenvalue weighted by Crippen LogP contribution is -2.48. The van der Waals surface area contributed by atoms with Crippen LogP contribution in [0.2, 0.25) is 0 Å². The maximum absolute atomic E-state index is 12.5. The zero-order valence-electron chi connectivity index (χ0n) is 11.6. The Morgan fingerprint density at radius 1 is 1.40 bits per heavy atom. The van der Waals surface area contributed by atoms with Crippen LogP contribution >= 0.6 is 0 Å². The van der Waals surface area contributed by atoms with Crippen molar-refractivity contribution in [1.82, 2.24) is 9.80 Å². The molecule has 0 aromatic rings. The van der Waals surface area contributed by atoms with E-state index in [9.17, 15) is 14.4 Å². The third-order valence-corrected chi connectivity index (χ3v) is 3.91. The highest BCUT2D eigenvalue weighted by Crippen LogP contribution is 2.22. The highest BCUT2D eigenvalue weighted by atomic mass is 16.5. The fourth-order valence-corrected chi connectivity index (χ4v) is 2.79. The van der Waals surface area contributed by atoms with Gasteiger partial charge in [-0.05, 0) is 12.8 Å². The Hall–Kier alpha value is -1.63. The number of hydrogen-bond donors (Lipinski definition) is 1. The quantitative estimate of drug-likeness (QED) is 0.756. The summed E-state index contributed by atoms with van der Waals surface area (Å²) in [5.74, 6) is -1.74. The number of hydrogen-bond acceptors (Lipinski definition) is 4. The lowest BCUT2D eigenvalue weighted by atomic mass is 10.0. The number of carboxylic acid groups (broad SMARTS) is 1. The van der Waals surface area contributed by atoms with Crippen molar-refractivity contribution in [3.05, 3.63) is 0 Å². The smallest absolute Gasteiger partial charge is 0.323 e. The van der Waals surface area contributed by atoms with Gasteiger partial charge in [0.15, 0.2) is 0 Å². The Kier molecular flexibility index (Phi) is 4.59. The van der Waals surface area contributed by atoms with Gasteiger partial charge in [0.25, 0.3) is 0 Å². The molecule has 0 aliphatic carbocycles. The molecule has 0 aromatic heterocycles. The molecule has 112 valence electrons. The third-order valence-electron chi connectivity index (χ3n) is 3.91. The Morgan fingerprint density at radius 2 is 2.05 bits per heavy atom. The van der Waals surface area contributed by atoms with Crippen LogP contribution in [0.15, 0.2) is 0 Å². The highest BCUT2D eigenvalue weighted by Gasteiger charge is 2.37. The lowest BCUT2D eigenvalue weighted by molar-refractivity contribution is -0.149. The lowest BCUT2D eigenvalue weighted by Gasteiger charge is -2.34. The molecule has 1 atom stereocenters. The number of ether oxygens (including phenoxy) is 1. The molecule has 2 heterocycles. The molecule has 1 N–H and O–H groups in total. The standard InChI is InChI=1S/C13H20N2O5/c1-14-7-9(6-11(14)16)13(19)15(8-12(17)18)10-2-4-20-5-3-10/h9-10H,2-8H2,1H3,(H,17,18)/t9-/m0/s1. The molecule has 2 amide bonds. The van der Waals surface area contributed by atoms with E-state index in [0.717, 1.165) is 0 Å². The number of amides is 2. The average molecular weight is 284 g/mol. The molecule has 0 unspecified atom stereocenters. The SMILES string of the molecule is CN1C[C@@H](C(=O)N(CC(=O)O)C2CCOCC2)CC1=O. The van der Waals surface area contributed by atoms with Gasteiger partial charge < -0.3 is 19.6 Å². The Morgan fingerprint density at radius 3 is 2.55 bits per heavy atom. The van der Waals surface area contributed by atoms with E-state index in [1.165, 1.54) is 9.80 Å². The topological polar surface area (TPSA) is 87.2 Å². The van der Waals surface area contributed by atoms with Crippen molar-refractivity contribution in [3.63, 3.8) is 0 Å². The number of rotatable bonds is 4. The zero-order chi connectivity index (χ0) is 14.7. The summed E-state index contributed by atoms with van der Waals surface area (Å²) in [6.45, 7) is 1.14. The van der Waals surface area contributed by atoms with Gasteiger partial charge in [-0.2, -0.15) is 0 Å². The molecule has 2 rings (SSSR count). The van der Waals surface area contributed by atoms with Crippen molar-refractivity contribution in [3.8, 4) is 0 Å². The summed E-state index contributed by atoms with van der Waals surface area (Å²) in [5, 5.41) is 9.01. The molecule has 0 aromatic carbocycles. The molecule has 0 radical (unpaired) electrons. The number of likely N-dealkylation sites (tertiary alicyclic amines) is 1. The van der Waals surface area contributed by atoms with E-state index in [4.69, 9.17) is 9.84 Å². The van der Waals surface area contributed by atoms with E-state index >= 15 is 0 Å². The first-order valence-corrected chi connectivity index (χ1v) is 6.83. The zero-order valence-corrected chi connectivity index (χ0v) is 11.6. The second-order valence-corrected chi connectivity index (χ2v) is 5.38. The van der Waals surface area contributed by atoms with Gasteiger partial charge in [0.1, 0.15) is 6.54 Å². The van der Waals surface area contributed by atoms with E-state index in [1.807, 2.05) is 0 Å². The van der Waals surface area contributed by atoms with E-state index in [-0.39, 0.29) is 30.8 Å². The molecule has 20 heavy (non-hydrogen) atoms. The molecule has 0 saturated carbocycles. The van der Waals surface area contributed by atoms with E-state index in [0.29, 0.717) is 32.6 Å². The fraction of sp³-hybridized carbons (Fsp3) is 0.769. The summed E-state index contributed by atoms with van der Waals surface area (Å²) >= 11 is 0. The Labute approximate surface area is 117 Å². The maximum atomic E-state index is 12.5. The molecular weight excluding hydrogens is 264 g/mol. The van der Waals surface area contributed by atoms with Gasteiger partial charge in [0.2, 0.25) is 11.8 Å². The molecule has 0 bridgehead atoms. The largest absolute Gasteiger partial charge is 0.480 e. The molecule has 2 aliphatic heterocycles. The van der Waals surface area contributed by atoms with Crippen LogP contribution in [0.25, 0.3) is 0 Å². The second kappa shape index (κ2) is 6.21. The van der Waals surface area contributed by atoms with Gasteiger partial charge >= 0.3 is 5.97 Å². The number of aliphatic carboxylic acids is 1. The van der Waals surface area contributed by atoms with Crippen LogP contribution in [0.1, 0.15) is 19.3 Å². The number of nitrogens with zero attached hydrogens (tertiary/aromatic N) is 2. The minimum Gasteiger partial charge on any atom is -0.480 e. The summed E-state index contributed by atoms with van der Waals surface area (Å²) in [5.41, 5.74) is 0. The first kappa shape index (κ1) is 14.8.